The lowest BCUT2D eigenvalue weighted by molar-refractivity contribution is 0.0736. The molecule has 2 aromatic rings. The number of hydrogen-bond acceptors (Lipinski definition) is 2. The van der Waals surface area contributed by atoms with Gasteiger partial charge in [-0.15, -0.1) is 0 Å². The Kier molecular flexibility index (Phi) is 5.10. The molecule has 3 rings (SSSR count). The molecule has 3 nitrogen and oxygen atoms in total. The molecule has 1 saturated heterocycles. The fourth-order valence-electron chi connectivity index (χ4n) is 3.32. The Balaban J connectivity index is 1.79. The molecule has 0 aromatic heterocycles. The molecule has 0 saturated carbocycles. The summed E-state index contributed by atoms with van der Waals surface area (Å²) in [4.78, 5) is 17.0. The van der Waals surface area contributed by atoms with Crippen molar-refractivity contribution in [1.29, 1.82) is 0 Å². The van der Waals surface area contributed by atoms with Crippen molar-refractivity contribution in [3.8, 4) is 0 Å². The second-order valence-corrected chi connectivity index (χ2v) is 6.94. The zero-order valence-electron chi connectivity index (χ0n) is 14.2. The van der Waals surface area contributed by atoms with Crippen molar-refractivity contribution in [2.75, 3.05) is 25.5 Å². The first kappa shape index (κ1) is 16.8. The van der Waals surface area contributed by atoms with Gasteiger partial charge in [0.05, 0.1) is 0 Å². The number of hydrogen-bond donors (Lipinski definition) is 0. The van der Waals surface area contributed by atoms with Crippen LogP contribution in [0.15, 0.2) is 48.5 Å². The second-order valence-electron chi connectivity index (χ2n) is 6.53. The number of rotatable bonds is 4. The number of benzene rings is 2. The molecule has 126 valence electrons. The maximum Gasteiger partial charge on any atom is 0.254 e. The van der Waals surface area contributed by atoms with E-state index in [2.05, 4.69) is 6.07 Å². The number of carbonyl (C=O) groups is 1. The predicted octanol–water partition coefficient (Wildman–Crippen LogP) is 4.25. The monoisotopic (exact) mass is 342 g/mol. The quantitative estimate of drug-likeness (QED) is 0.829. The van der Waals surface area contributed by atoms with E-state index in [0.717, 1.165) is 47.6 Å². The molecule has 1 aliphatic rings. The van der Waals surface area contributed by atoms with Gasteiger partial charge in [0.25, 0.3) is 5.91 Å². The van der Waals surface area contributed by atoms with E-state index in [1.54, 1.807) is 0 Å². The van der Waals surface area contributed by atoms with Crippen LogP contribution < -0.4 is 4.90 Å². The first-order valence-electron chi connectivity index (χ1n) is 8.38. The van der Waals surface area contributed by atoms with Gasteiger partial charge >= 0.3 is 0 Å². The van der Waals surface area contributed by atoms with Crippen LogP contribution in [-0.2, 0) is 6.42 Å². The number of nitrogens with zero attached hydrogens (tertiary/aromatic N) is 2. The fourth-order valence-corrected chi connectivity index (χ4v) is 3.53. The summed E-state index contributed by atoms with van der Waals surface area (Å²) in [5.74, 6) is 0.119. The van der Waals surface area contributed by atoms with Crippen molar-refractivity contribution in [1.82, 2.24) is 4.90 Å². The largest absolute Gasteiger partial charge is 0.378 e. The summed E-state index contributed by atoms with van der Waals surface area (Å²) in [6, 6.07) is 16.0. The number of carbonyl (C=O) groups excluding carboxylic acids is 1. The number of amides is 1. The summed E-state index contributed by atoms with van der Waals surface area (Å²) < 4.78 is 0. The van der Waals surface area contributed by atoms with Gasteiger partial charge in [-0.2, -0.15) is 0 Å². The van der Waals surface area contributed by atoms with Crippen LogP contribution in [-0.4, -0.2) is 37.5 Å². The van der Waals surface area contributed by atoms with Crippen molar-refractivity contribution in [3.05, 3.63) is 64.7 Å². The Bertz CT molecular complexity index is 729. The number of anilines is 1. The van der Waals surface area contributed by atoms with E-state index < -0.39 is 0 Å². The summed E-state index contributed by atoms with van der Waals surface area (Å²) in [5, 5.41) is 0.784. The highest BCUT2D eigenvalue weighted by Crippen LogP contribution is 2.27. The SMILES string of the molecule is CN(C)c1cccc(C(=O)N2CCC[C@H]2Cc2ccccc2Cl)c1. The minimum atomic E-state index is 0.119. The summed E-state index contributed by atoms with van der Waals surface area (Å²) in [7, 11) is 3.97. The maximum atomic E-state index is 13.0. The maximum absolute atomic E-state index is 13.0. The molecule has 2 aromatic carbocycles. The standard InChI is InChI=1S/C20H23ClN2O/c1-22(2)17-9-5-8-16(14-17)20(24)23-12-6-10-18(23)13-15-7-3-4-11-19(15)21/h3-5,7-9,11,14,18H,6,10,12-13H2,1-2H3/t18-/m0/s1. The van der Waals surface area contributed by atoms with Crippen LogP contribution in [0.25, 0.3) is 0 Å². The van der Waals surface area contributed by atoms with Gasteiger partial charge in [-0.3, -0.25) is 4.79 Å². The van der Waals surface area contributed by atoms with Gasteiger partial charge in [0.2, 0.25) is 0 Å². The molecule has 0 spiro atoms. The Morgan fingerprint density at radius 3 is 2.75 bits per heavy atom. The van der Waals surface area contributed by atoms with E-state index in [1.807, 2.05) is 66.4 Å². The zero-order valence-corrected chi connectivity index (χ0v) is 15.0. The average Bonchev–Trinajstić information content (AvgIpc) is 3.04. The Labute approximate surface area is 148 Å². The van der Waals surface area contributed by atoms with E-state index >= 15 is 0 Å². The van der Waals surface area contributed by atoms with Crippen LogP contribution in [0.4, 0.5) is 5.69 Å². The molecule has 0 aliphatic carbocycles. The van der Waals surface area contributed by atoms with Gasteiger partial charge in [-0.25, -0.2) is 0 Å². The van der Waals surface area contributed by atoms with E-state index in [0.29, 0.717) is 0 Å². The van der Waals surface area contributed by atoms with Crippen LogP contribution >= 0.6 is 11.6 Å². The molecule has 1 atom stereocenters. The van der Waals surface area contributed by atoms with Crippen LogP contribution in [0.5, 0.6) is 0 Å². The van der Waals surface area contributed by atoms with Gasteiger partial charge in [0.15, 0.2) is 0 Å². The highest BCUT2D eigenvalue weighted by Gasteiger charge is 2.30. The summed E-state index contributed by atoms with van der Waals surface area (Å²) in [6.07, 6.45) is 2.90. The van der Waals surface area contributed by atoms with Crippen molar-refractivity contribution in [2.24, 2.45) is 0 Å². The lowest BCUT2D eigenvalue weighted by Crippen LogP contribution is -2.36. The second kappa shape index (κ2) is 7.27. The summed E-state index contributed by atoms with van der Waals surface area (Å²) in [5.41, 5.74) is 2.92. The van der Waals surface area contributed by atoms with Crippen LogP contribution in [0.1, 0.15) is 28.8 Å². The molecule has 0 radical (unpaired) electrons. The Morgan fingerprint density at radius 1 is 1.21 bits per heavy atom. The smallest absolute Gasteiger partial charge is 0.254 e. The fraction of sp³-hybridized carbons (Fsp3) is 0.350. The Hall–Kier alpha value is -2.00. The Morgan fingerprint density at radius 2 is 2.00 bits per heavy atom. The van der Waals surface area contributed by atoms with E-state index in [4.69, 9.17) is 11.6 Å². The van der Waals surface area contributed by atoms with Gasteiger partial charge in [-0.1, -0.05) is 35.9 Å². The molecule has 1 amide bonds. The molecule has 0 unspecified atom stereocenters. The van der Waals surface area contributed by atoms with Gasteiger partial charge in [0, 0.05) is 43.0 Å². The molecule has 4 heteroatoms. The topological polar surface area (TPSA) is 23.6 Å². The molecule has 24 heavy (non-hydrogen) atoms. The van der Waals surface area contributed by atoms with Crippen molar-refractivity contribution >= 4 is 23.2 Å². The third-order valence-electron chi connectivity index (χ3n) is 4.66. The van der Waals surface area contributed by atoms with Crippen LogP contribution in [0.2, 0.25) is 5.02 Å². The summed E-state index contributed by atoms with van der Waals surface area (Å²) >= 11 is 6.29. The zero-order chi connectivity index (χ0) is 17.1. The minimum Gasteiger partial charge on any atom is -0.378 e. The molecule has 1 heterocycles. The minimum absolute atomic E-state index is 0.119. The highest BCUT2D eigenvalue weighted by atomic mass is 35.5. The lowest BCUT2D eigenvalue weighted by Gasteiger charge is -2.26. The van der Waals surface area contributed by atoms with E-state index in [-0.39, 0.29) is 11.9 Å². The highest BCUT2D eigenvalue weighted by molar-refractivity contribution is 6.31. The molecular weight excluding hydrogens is 320 g/mol. The molecular formula is C20H23ClN2O. The summed E-state index contributed by atoms with van der Waals surface area (Å²) in [6.45, 7) is 0.820. The number of likely N-dealkylation sites (tertiary alicyclic amines) is 1. The first-order chi connectivity index (χ1) is 11.6. The van der Waals surface area contributed by atoms with Crippen molar-refractivity contribution in [3.63, 3.8) is 0 Å². The van der Waals surface area contributed by atoms with E-state index in [1.165, 1.54) is 0 Å². The van der Waals surface area contributed by atoms with Crippen LogP contribution in [0.3, 0.4) is 0 Å². The molecule has 0 N–H and O–H groups in total. The van der Waals surface area contributed by atoms with Crippen molar-refractivity contribution in [2.45, 2.75) is 25.3 Å². The third kappa shape index (κ3) is 3.57. The normalized spacial score (nSPS) is 17.1. The van der Waals surface area contributed by atoms with Crippen LogP contribution in [0, 0.1) is 0 Å². The van der Waals surface area contributed by atoms with Crippen molar-refractivity contribution < 1.29 is 4.79 Å². The predicted molar refractivity (Wildman–Crippen MR) is 100.0 cm³/mol. The van der Waals surface area contributed by atoms with Gasteiger partial charge in [-0.05, 0) is 49.1 Å². The first-order valence-corrected chi connectivity index (χ1v) is 8.76. The molecule has 0 bridgehead atoms. The van der Waals surface area contributed by atoms with Gasteiger partial charge in [0.1, 0.15) is 0 Å². The molecule has 1 fully saturated rings. The lowest BCUT2D eigenvalue weighted by atomic mass is 10.0. The van der Waals surface area contributed by atoms with E-state index in [9.17, 15) is 4.79 Å². The van der Waals surface area contributed by atoms with Gasteiger partial charge < -0.3 is 9.80 Å². The number of halogens is 1. The molecule has 1 aliphatic heterocycles. The third-order valence-corrected chi connectivity index (χ3v) is 5.03. The average molecular weight is 343 g/mol.